The molecule has 44 heavy (non-hydrogen) atoms. The Hall–Kier alpha value is -2.65. The fourth-order valence-corrected chi connectivity index (χ4v) is 6.38. The Morgan fingerprint density at radius 3 is 1.68 bits per heavy atom. The van der Waals surface area contributed by atoms with Gasteiger partial charge >= 0.3 is 38.8 Å². The molecule has 0 radical (unpaired) electrons. The molecule has 0 bridgehead atoms. The van der Waals surface area contributed by atoms with E-state index in [-0.39, 0.29) is 5.78 Å². The van der Waals surface area contributed by atoms with E-state index in [0.29, 0.717) is 20.6 Å². The van der Waals surface area contributed by atoms with Gasteiger partial charge in [0.1, 0.15) is 5.56 Å². The van der Waals surface area contributed by atoms with Crippen LogP contribution in [-0.4, -0.2) is 10.6 Å². The zero-order valence-electron chi connectivity index (χ0n) is 22.1. The zero-order chi connectivity index (χ0) is 32.2. The summed E-state index contributed by atoms with van der Waals surface area (Å²) in [5, 5.41) is 1.90. The van der Waals surface area contributed by atoms with Crippen molar-refractivity contribution in [1.82, 2.24) is 0 Å². The molecule has 0 amide bonds. The van der Waals surface area contributed by atoms with Gasteiger partial charge in [-0.3, -0.25) is 4.79 Å². The number of halogens is 9. The third-order valence-corrected chi connectivity index (χ3v) is 8.59. The number of hydrogen-bond donors (Lipinski definition) is 0. The van der Waals surface area contributed by atoms with Crippen LogP contribution in [0.2, 0.25) is 15.1 Å². The van der Waals surface area contributed by atoms with Crippen LogP contribution >= 0.6 is 66.1 Å². The Morgan fingerprint density at radius 1 is 0.568 bits per heavy atom. The molecule has 0 heterocycles. The molecule has 0 saturated carbocycles. The van der Waals surface area contributed by atoms with Gasteiger partial charge in [0.15, 0.2) is 0 Å². The monoisotopic (exact) mass is 722 g/mol. The van der Waals surface area contributed by atoms with Gasteiger partial charge in [-0.15, -0.1) is 0 Å². The zero-order valence-corrected chi connectivity index (χ0v) is 26.9. The van der Waals surface area contributed by atoms with E-state index in [0.717, 1.165) is 36.3 Å². The maximum absolute atomic E-state index is 11.0. The molecule has 0 aliphatic heterocycles. The first-order chi connectivity index (χ1) is 20.4. The molecule has 0 aliphatic carbocycles. The van der Waals surface area contributed by atoms with Crippen LogP contribution in [0, 0.1) is 0 Å². The molecule has 0 aliphatic rings. The van der Waals surface area contributed by atoms with Crippen molar-refractivity contribution in [1.29, 1.82) is 0 Å². The van der Waals surface area contributed by atoms with Gasteiger partial charge in [0.25, 0.3) is 0 Å². The van der Waals surface area contributed by atoms with E-state index in [1.54, 1.807) is 29.6 Å². The summed E-state index contributed by atoms with van der Waals surface area (Å²) in [5.41, 5.74) is 3.47. The maximum atomic E-state index is 11.0. The first-order valence-electron chi connectivity index (χ1n) is 12.4. The van der Waals surface area contributed by atoms with Gasteiger partial charge in [-0.1, -0.05) is 94.7 Å². The summed E-state index contributed by atoms with van der Waals surface area (Å²) in [5.74, 6) is 0.160. The molecule has 5 rings (SSSR count). The van der Waals surface area contributed by atoms with Gasteiger partial charge in [0, 0.05) is 29.6 Å². The molecule has 13 heteroatoms. The van der Waals surface area contributed by atoms with E-state index in [4.69, 9.17) is 34.8 Å². The minimum absolute atomic E-state index is 0.160. The summed E-state index contributed by atoms with van der Waals surface area (Å²) in [6, 6.07) is 37.2. The van der Waals surface area contributed by atoms with E-state index in [1.807, 2.05) is 84.9 Å². The number of carbonyl (C=O) groups excluding carboxylic acids is 1. The third-order valence-electron chi connectivity index (χ3n) is 5.64. The maximum Gasteiger partial charge on any atom is 0.356 e. The third kappa shape index (κ3) is 11.1. The molecule has 0 fully saturated rings. The Labute approximate surface area is 272 Å². The second-order valence-electron chi connectivity index (χ2n) is 9.11. The van der Waals surface area contributed by atoms with Crippen molar-refractivity contribution in [2.24, 2.45) is 0 Å². The van der Waals surface area contributed by atoms with Crippen LogP contribution in [0.25, 0.3) is 11.1 Å². The number of hydrogen-bond acceptors (Lipinski definition) is 2. The van der Waals surface area contributed by atoms with Crippen molar-refractivity contribution < 1.29 is 30.0 Å². The quantitative estimate of drug-likeness (QED) is 0.0722. The normalized spacial score (nSPS) is 12.8. The molecule has 0 unspecified atom stereocenters. The van der Waals surface area contributed by atoms with E-state index >= 15 is 0 Å². The summed E-state index contributed by atoms with van der Waals surface area (Å²) < 4.78 is 59.2. The molecule has 0 spiro atoms. The predicted octanol–water partition coefficient (Wildman–Crippen LogP) is 13.9. The second-order valence-corrected chi connectivity index (χ2v) is 14.5. The fraction of sp³-hybridized carbons (Fsp3) is 0. The Bertz CT molecular complexity index is 1780. The number of benzene rings is 5. The molecule has 1 nitrogen and oxygen atoms in total. The van der Waals surface area contributed by atoms with E-state index in [9.17, 15) is 30.0 Å². The van der Waals surface area contributed by atoms with Crippen LogP contribution in [0.1, 0.15) is 11.1 Å². The summed E-state index contributed by atoms with van der Waals surface area (Å²) in [6.45, 7) is 0. The number of ketones is 1. The van der Waals surface area contributed by atoms with Crippen LogP contribution in [0.15, 0.2) is 135 Å². The molecule has 0 atom stereocenters. The van der Waals surface area contributed by atoms with Crippen molar-refractivity contribution >= 4 is 71.9 Å². The van der Waals surface area contributed by atoms with Crippen LogP contribution in [0.5, 0.6) is 0 Å². The summed E-state index contributed by atoms with van der Waals surface area (Å²) in [4.78, 5) is 15.1. The van der Waals surface area contributed by atoms with Gasteiger partial charge in [-0.05, 0) is 90.0 Å². The van der Waals surface area contributed by atoms with E-state index in [2.05, 4.69) is 24.3 Å². The topological polar surface area (TPSA) is 21.4 Å². The minimum atomic E-state index is -10.7. The average Bonchev–Trinajstić information content (AvgIpc) is 2.94. The van der Waals surface area contributed by atoms with Gasteiger partial charge < -0.3 is 0 Å². The molecule has 0 aromatic heterocycles. The van der Waals surface area contributed by atoms with Crippen LogP contribution in [-0.2, 0) is 0 Å². The van der Waals surface area contributed by atoms with Crippen molar-refractivity contribution in [3.8, 4) is 11.1 Å². The Morgan fingerprint density at radius 2 is 1.09 bits per heavy atom. The van der Waals surface area contributed by atoms with Gasteiger partial charge in [0.2, 0.25) is 0 Å². The van der Waals surface area contributed by atoms with Crippen LogP contribution in [0.4, 0.5) is 25.2 Å². The molecule has 5 aromatic rings. The fourth-order valence-electron chi connectivity index (χ4n) is 3.84. The molecular formula is C31H20Cl3F6OPS2. The summed E-state index contributed by atoms with van der Waals surface area (Å²) in [6.07, 6.45) is 0. The molecule has 0 saturated heterocycles. The minimum Gasteiger partial charge on any atom is -0.273 e. The first kappa shape index (κ1) is 34.2. The van der Waals surface area contributed by atoms with Crippen LogP contribution in [0.3, 0.4) is 0 Å². The average molecular weight is 724 g/mol. The molecule has 230 valence electrons. The first-order valence-corrected chi connectivity index (χ1v) is 17.2. The van der Waals surface area contributed by atoms with Crippen molar-refractivity contribution in [3.05, 3.63) is 141 Å². The smallest absolute Gasteiger partial charge is 0.273 e. The van der Waals surface area contributed by atoms with Crippen molar-refractivity contribution in [2.45, 2.75) is 19.6 Å². The number of rotatable bonds is 7. The predicted molar refractivity (Wildman–Crippen MR) is 173 cm³/mol. The summed E-state index contributed by atoms with van der Waals surface area (Å²) in [7, 11) is -10.7. The standard InChI is InChI=1S/C31H19Cl3OS2.F6P/c32-22-11-16-25(17-12-22)36-28-18-13-23(33)19-26(28)20-9-14-24(15-10-20)37-29-8-4-7-27(34)30(29)31(35)21-5-2-1-3-6-21;1-7(2,3,4,5)6/h1-19H;/q;-1/p+1. The van der Waals surface area contributed by atoms with Crippen LogP contribution < -0.4 is 0 Å². The molecule has 1 N–H and O–H groups in total. The summed E-state index contributed by atoms with van der Waals surface area (Å²) >= 11 is 22.2. The Kier molecular flexibility index (Phi) is 10.1. The van der Waals surface area contributed by atoms with Gasteiger partial charge in [-0.2, -0.15) is 0 Å². The Balaban J connectivity index is 0.000000566. The SMILES string of the molecule is F[P-](F)(F)(F)(F)F.[OH+]=C(c1ccccc1)c1c(Cl)cccc1Sc1ccc(-c2cc(Cl)ccc2Sc2ccc(Cl)cc2)cc1. The molecule has 5 aromatic carbocycles. The van der Waals surface area contributed by atoms with Gasteiger partial charge in [-0.25, -0.2) is 0 Å². The second kappa shape index (κ2) is 13.0. The van der Waals surface area contributed by atoms with E-state index < -0.39 is 7.81 Å². The van der Waals surface area contributed by atoms with E-state index in [1.165, 1.54) is 0 Å². The van der Waals surface area contributed by atoms with Crippen molar-refractivity contribution in [2.75, 3.05) is 0 Å². The largest absolute Gasteiger partial charge is 0.356 e. The molecular weight excluding hydrogens is 704 g/mol. The van der Waals surface area contributed by atoms with Gasteiger partial charge in [0.05, 0.1) is 10.6 Å². The van der Waals surface area contributed by atoms with Crippen molar-refractivity contribution in [3.63, 3.8) is 0 Å².